The van der Waals surface area contributed by atoms with Gasteiger partial charge in [-0.05, 0) is 18.1 Å². The van der Waals surface area contributed by atoms with Crippen molar-refractivity contribution in [2.24, 2.45) is 5.92 Å². The Kier molecular flexibility index (Phi) is 4.94. The van der Waals surface area contributed by atoms with E-state index in [-0.39, 0.29) is 5.91 Å². The minimum absolute atomic E-state index is 0.266. The van der Waals surface area contributed by atoms with Crippen LogP contribution in [0.3, 0.4) is 0 Å². The third-order valence-corrected chi connectivity index (χ3v) is 3.84. The minimum Gasteiger partial charge on any atom is -0.489 e. The minimum atomic E-state index is -0.266. The summed E-state index contributed by atoms with van der Waals surface area (Å²) in [7, 11) is 0. The zero-order valence-electron chi connectivity index (χ0n) is 13.7. The van der Waals surface area contributed by atoms with E-state index in [2.05, 4.69) is 24.3 Å². The van der Waals surface area contributed by atoms with Gasteiger partial charge >= 0.3 is 0 Å². The second kappa shape index (κ2) is 7.13. The Morgan fingerprint density at radius 2 is 2.17 bits per heavy atom. The van der Waals surface area contributed by atoms with Gasteiger partial charge in [-0.2, -0.15) is 5.10 Å². The summed E-state index contributed by atoms with van der Waals surface area (Å²) in [5, 5.41) is 7.47. The first-order valence-corrected chi connectivity index (χ1v) is 8.34. The average Bonchev–Trinajstić information content (AvgIpc) is 2.81. The van der Waals surface area contributed by atoms with Crippen LogP contribution in [0.2, 0.25) is 5.02 Å². The molecule has 1 aromatic carbocycles. The van der Waals surface area contributed by atoms with Gasteiger partial charge in [-0.15, -0.1) is 0 Å². The van der Waals surface area contributed by atoms with E-state index in [0.29, 0.717) is 47.0 Å². The van der Waals surface area contributed by atoms with Crippen LogP contribution in [-0.2, 0) is 6.54 Å². The summed E-state index contributed by atoms with van der Waals surface area (Å²) in [4.78, 5) is 12.6. The molecule has 0 radical (unpaired) electrons. The molecule has 6 nitrogen and oxygen atoms in total. The first-order chi connectivity index (χ1) is 11.5. The molecule has 1 aliphatic heterocycles. The van der Waals surface area contributed by atoms with Gasteiger partial charge in [0.2, 0.25) is 0 Å². The third kappa shape index (κ3) is 3.64. The fourth-order valence-corrected chi connectivity index (χ4v) is 2.75. The lowest BCUT2D eigenvalue weighted by molar-refractivity contribution is 0.102. The molecule has 3 rings (SSSR count). The summed E-state index contributed by atoms with van der Waals surface area (Å²) in [6, 6.07) is 5.02. The smallest absolute Gasteiger partial charge is 0.257 e. The molecule has 0 fully saturated rings. The molecular formula is C17H20ClN3O3. The van der Waals surface area contributed by atoms with Crippen LogP contribution in [-0.4, -0.2) is 28.9 Å². The van der Waals surface area contributed by atoms with Crippen molar-refractivity contribution in [1.82, 2.24) is 9.78 Å². The van der Waals surface area contributed by atoms with Gasteiger partial charge in [0.05, 0.1) is 24.4 Å². The highest BCUT2D eigenvalue weighted by Crippen LogP contribution is 2.38. The van der Waals surface area contributed by atoms with E-state index in [1.165, 1.54) is 0 Å². The lowest BCUT2D eigenvalue weighted by Crippen LogP contribution is -2.17. The molecule has 1 aromatic heterocycles. The standard InChI is InChI=1S/C17H20ClN3O3/c1-11(2)10-21-15(4-5-19-21)20-17(22)12-8-13(18)16-14(9-12)23-6-3-7-24-16/h4-5,8-9,11H,3,6-7,10H2,1-2H3,(H,20,22). The molecule has 1 aliphatic rings. The number of carbonyl (C=O) groups excluding carboxylic acids is 1. The number of amides is 1. The molecule has 7 heteroatoms. The third-order valence-electron chi connectivity index (χ3n) is 3.56. The number of rotatable bonds is 4. The van der Waals surface area contributed by atoms with E-state index in [1.54, 1.807) is 29.1 Å². The normalized spacial score (nSPS) is 13.7. The maximum atomic E-state index is 12.6. The molecule has 1 amide bonds. The van der Waals surface area contributed by atoms with Crippen LogP contribution in [0.15, 0.2) is 24.4 Å². The lowest BCUT2D eigenvalue weighted by Gasteiger charge is -2.13. The van der Waals surface area contributed by atoms with Crippen LogP contribution in [0.5, 0.6) is 11.5 Å². The summed E-state index contributed by atoms with van der Waals surface area (Å²) in [5.74, 6) is 1.81. The first-order valence-electron chi connectivity index (χ1n) is 7.97. The van der Waals surface area contributed by atoms with E-state index >= 15 is 0 Å². The number of hydrogen-bond acceptors (Lipinski definition) is 4. The van der Waals surface area contributed by atoms with E-state index in [1.807, 2.05) is 0 Å². The van der Waals surface area contributed by atoms with Gasteiger partial charge in [-0.1, -0.05) is 25.4 Å². The predicted octanol–water partition coefficient (Wildman–Crippen LogP) is 3.61. The second-order valence-electron chi connectivity index (χ2n) is 6.08. The Bertz CT molecular complexity index is 743. The van der Waals surface area contributed by atoms with Gasteiger partial charge in [-0.3, -0.25) is 4.79 Å². The zero-order valence-corrected chi connectivity index (χ0v) is 14.5. The van der Waals surface area contributed by atoms with Crippen LogP contribution in [0.1, 0.15) is 30.6 Å². The van der Waals surface area contributed by atoms with E-state index in [0.717, 1.165) is 13.0 Å². The summed E-state index contributed by atoms with van der Waals surface area (Å²) < 4.78 is 13.0. The highest BCUT2D eigenvalue weighted by Gasteiger charge is 2.19. The summed E-state index contributed by atoms with van der Waals surface area (Å²) >= 11 is 6.24. The van der Waals surface area contributed by atoms with Crippen molar-refractivity contribution in [3.05, 3.63) is 35.0 Å². The van der Waals surface area contributed by atoms with Gasteiger partial charge in [0.15, 0.2) is 11.5 Å². The van der Waals surface area contributed by atoms with Crippen LogP contribution < -0.4 is 14.8 Å². The average molecular weight is 350 g/mol. The molecule has 2 aromatic rings. The molecule has 0 saturated heterocycles. The molecule has 1 N–H and O–H groups in total. The molecule has 0 spiro atoms. The fourth-order valence-electron chi connectivity index (χ4n) is 2.48. The number of benzene rings is 1. The topological polar surface area (TPSA) is 65.4 Å². The zero-order chi connectivity index (χ0) is 17.1. The molecule has 0 atom stereocenters. The lowest BCUT2D eigenvalue weighted by atomic mass is 10.2. The summed E-state index contributed by atoms with van der Waals surface area (Å²) in [6.45, 7) is 6.00. The molecule has 0 unspecified atom stereocenters. The number of carbonyl (C=O) groups is 1. The number of aromatic nitrogens is 2. The van der Waals surface area contributed by atoms with Crippen molar-refractivity contribution in [1.29, 1.82) is 0 Å². The number of hydrogen-bond donors (Lipinski definition) is 1. The maximum absolute atomic E-state index is 12.6. The van der Waals surface area contributed by atoms with Gasteiger partial charge < -0.3 is 14.8 Å². The summed E-state index contributed by atoms with van der Waals surface area (Å²) in [5.41, 5.74) is 0.418. The molecule has 0 bridgehead atoms. The molecule has 2 heterocycles. The van der Waals surface area contributed by atoms with Gasteiger partial charge in [0, 0.05) is 24.6 Å². The highest BCUT2D eigenvalue weighted by atomic mass is 35.5. The van der Waals surface area contributed by atoms with Crippen LogP contribution >= 0.6 is 11.6 Å². The molecule has 24 heavy (non-hydrogen) atoms. The Balaban J connectivity index is 1.82. The predicted molar refractivity (Wildman–Crippen MR) is 92.1 cm³/mol. The van der Waals surface area contributed by atoms with Crippen molar-refractivity contribution in [3.63, 3.8) is 0 Å². The number of anilines is 1. The van der Waals surface area contributed by atoms with Gasteiger partial charge in [0.1, 0.15) is 5.82 Å². The molecule has 0 saturated carbocycles. The second-order valence-corrected chi connectivity index (χ2v) is 6.49. The van der Waals surface area contributed by atoms with Crippen molar-refractivity contribution in [2.75, 3.05) is 18.5 Å². The SMILES string of the molecule is CC(C)Cn1nccc1NC(=O)c1cc(Cl)c2c(c1)OCCCO2. The molecule has 0 aliphatic carbocycles. The Hall–Kier alpha value is -2.21. The maximum Gasteiger partial charge on any atom is 0.257 e. The Morgan fingerprint density at radius 1 is 1.38 bits per heavy atom. The van der Waals surface area contributed by atoms with Crippen molar-refractivity contribution in [3.8, 4) is 11.5 Å². The van der Waals surface area contributed by atoms with Crippen molar-refractivity contribution >= 4 is 23.3 Å². The number of nitrogens with one attached hydrogen (secondary N) is 1. The number of halogens is 1. The van der Waals surface area contributed by atoms with Gasteiger partial charge in [0.25, 0.3) is 5.91 Å². The van der Waals surface area contributed by atoms with Crippen LogP contribution in [0.25, 0.3) is 0 Å². The molecule has 128 valence electrons. The van der Waals surface area contributed by atoms with E-state index < -0.39 is 0 Å². The van der Waals surface area contributed by atoms with E-state index in [4.69, 9.17) is 21.1 Å². The largest absolute Gasteiger partial charge is 0.489 e. The van der Waals surface area contributed by atoms with Crippen LogP contribution in [0.4, 0.5) is 5.82 Å². The first kappa shape index (κ1) is 16.6. The fraction of sp³-hybridized carbons (Fsp3) is 0.412. The van der Waals surface area contributed by atoms with Crippen molar-refractivity contribution < 1.29 is 14.3 Å². The van der Waals surface area contributed by atoms with Gasteiger partial charge in [-0.25, -0.2) is 4.68 Å². The molecular weight excluding hydrogens is 330 g/mol. The number of fused-ring (bicyclic) bond motifs is 1. The van der Waals surface area contributed by atoms with Crippen molar-refractivity contribution in [2.45, 2.75) is 26.8 Å². The number of ether oxygens (including phenoxy) is 2. The number of nitrogens with zero attached hydrogens (tertiary/aromatic N) is 2. The monoisotopic (exact) mass is 349 g/mol. The summed E-state index contributed by atoms with van der Waals surface area (Å²) in [6.07, 6.45) is 2.44. The quantitative estimate of drug-likeness (QED) is 0.915. The van der Waals surface area contributed by atoms with E-state index in [9.17, 15) is 4.79 Å². The highest BCUT2D eigenvalue weighted by molar-refractivity contribution is 6.32. The Labute approximate surface area is 145 Å². The Morgan fingerprint density at radius 3 is 2.96 bits per heavy atom. The van der Waals surface area contributed by atoms with Crippen LogP contribution in [0, 0.1) is 5.92 Å².